The molecule has 1 aliphatic heterocycles. The lowest BCUT2D eigenvalue weighted by Crippen LogP contribution is -2.49. The van der Waals surface area contributed by atoms with E-state index >= 15 is 0 Å². The van der Waals surface area contributed by atoms with Crippen LogP contribution >= 0.6 is 0 Å². The summed E-state index contributed by atoms with van der Waals surface area (Å²) in [5.74, 6) is -0.333. The zero-order chi connectivity index (χ0) is 25.2. The van der Waals surface area contributed by atoms with Gasteiger partial charge >= 0.3 is 0 Å². The van der Waals surface area contributed by atoms with Gasteiger partial charge in [0.1, 0.15) is 6.04 Å². The first-order chi connectivity index (χ1) is 16.7. The molecule has 1 aliphatic carbocycles. The number of amides is 2. The van der Waals surface area contributed by atoms with Crippen molar-refractivity contribution in [1.82, 2.24) is 10.2 Å². The molecule has 0 bridgehead atoms. The molecule has 0 spiro atoms. The number of hydrogen-bond acceptors (Lipinski definition) is 4. The molecule has 2 aromatic rings. The fourth-order valence-corrected chi connectivity index (χ4v) is 7.01. The minimum absolute atomic E-state index is 0.0788. The smallest absolute Gasteiger partial charge is 0.262 e. The Morgan fingerprint density at radius 2 is 1.60 bits per heavy atom. The van der Waals surface area contributed by atoms with Crippen LogP contribution < -0.4 is 10.0 Å². The Labute approximate surface area is 208 Å². The molecule has 4 rings (SSSR count). The molecule has 188 valence electrons. The summed E-state index contributed by atoms with van der Waals surface area (Å²) in [5.41, 5.74) is 3.02. The van der Waals surface area contributed by atoms with Gasteiger partial charge in [0, 0.05) is 23.8 Å². The molecule has 1 saturated carbocycles. The third-order valence-corrected chi connectivity index (χ3v) is 8.69. The molecule has 2 aromatic carbocycles. The van der Waals surface area contributed by atoms with Gasteiger partial charge in [-0.2, -0.15) is 0 Å². The lowest BCUT2D eigenvalue weighted by molar-refractivity contribution is -0.125. The van der Waals surface area contributed by atoms with Crippen molar-refractivity contribution in [3.05, 3.63) is 58.7 Å². The Morgan fingerprint density at radius 1 is 0.914 bits per heavy atom. The normalized spacial score (nSPS) is 18.9. The highest BCUT2D eigenvalue weighted by atomic mass is 32.2. The molecule has 2 N–H and O–H groups in total. The Balaban J connectivity index is 1.50. The van der Waals surface area contributed by atoms with E-state index in [1.54, 1.807) is 43.0 Å². The number of carbonyl (C=O) groups is 2. The van der Waals surface area contributed by atoms with Crippen LogP contribution in [0.25, 0.3) is 0 Å². The molecule has 0 radical (unpaired) electrons. The Bertz CT molecular complexity index is 1200. The van der Waals surface area contributed by atoms with Crippen LogP contribution in [0, 0.1) is 20.8 Å². The highest BCUT2D eigenvalue weighted by Crippen LogP contribution is 2.26. The van der Waals surface area contributed by atoms with Crippen molar-refractivity contribution in [2.75, 3.05) is 11.3 Å². The highest BCUT2D eigenvalue weighted by molar-refractivity contribution is 7.92. The summed E-state index contributed by atoms with van der Waals surface area (Å²) in [7, 11) is -3.83. The lowest BCUT2D eigenvalue weighted by Gasteiger charge is -2.28. The maximum absolute atomic E-state index is 13.4. The van der Waals surface area contributed by atoms with Gasteiger partial charge in [-0.15, -0.1) is 0 Å². The van der Waals surface area contributed by atoms with Gasteiger partial charge in [0.05, 0.1) is 4.90 Å². The van der Waals surface area contributed by atoms with E-state index in [-0.39, 0.29) is 22.8 Å². The summed E-state index contributed by atoms with van der Waals surface area (Å²) in [6.45, 7) is 6.00. The number of benzene rings is 2. The maximum Gasteiger partial charge on any atom is 0.262 e. The third-order valence-electron chi connectivity index (χ3n) is 7.00. The summed E-state index contributed by atoms with van der Waals surface area (Å²) in [4.78, 5) is 28.2. The molecular formula is C27H35N3O4S. The number of carbonyl (C=O) groups excluding carboxylic acids is 2. The Hall–Kier alpha value is -2.87. The molecule has 7 nitrogen and oxygen atoms in total. The van der Waals surface area contributed by atoms with E-state index < -0.39 is 16.1 Å². The van der Waals surface area contributed by atoms with Gasteiger partial charge in [0.2, 0.25) is 5.91 Å². The number of sulfonamides is 1. The van der Waals surface area contributed by atoms with E-state index in [1.807, 2.05) is 19.1 Å². The molecule has 1 atom stereocenters. The van der Waals surface area contributed by atoms with Crippen molar-refractivity contribution in [3.8, 4) is 0 Å². The lowest BCUT2D eigenvalue weighted by atomic mass is 9.95. The average molecular weight is 498 g/mol. The van der Waals surface area contributed by atoms with E-state index in [0.29, 0.717) is 35.3 Å². The van der Waals surface area contributed by atoms with Gasteiger partial charge in [0.25, 0.3) is 15.9 Å². The van der Waals surface area contributed by atoms with E-state index in [0.717, 1.165) is 37.7 Å². The van der Waals surface area contributed by atoms with E-state index in [9.17, 15) is 18.0 Å². The SMILES string of the molecule is Cc1cc(C)c(S(=O)(=O)Nc2cccc(C(=O)N3CCC[C@H]3C(=O)NC3CCCCC3)c2)c(C)c1. The van der Waals surface area contributed by atoms with Gasteiger partial charge in [-0.25, -0.2) is 8.42 Å². The van der Waals surface area contributed by atoms with Gasteiger partial charge in [-0.3, -0.25) is 14.3 Å². The van der Waals surface area contributed by atoms with Crippen molar-refractivity contribution >= 4 is 27.5 Å². The van der Waals surface area contributed by atoms with Crippen LogP contribution in [0.4, 0.5) is 5.69 Å². The molecule has 2 aliphatic rings. The maximum atomic E-state index is 13.4. The monoisotopic (exact) mass is 497 g/mol. The molecule has 8 heteroatoms. The van der Waals surface area contributed by atoms with E-state index in [1.165, 1.54) is 6.42 Å². The van der Waals surface area contributed by atoms with Gasteiger partial charge < -0.3 is 10.2 Å². The number of nitrogens with one attached hydrogen (secondary N) is 2. The van der Waals surface area contributed by atoms with Crippen molar-refractivity contribution in [1.29, 1.82) is 0 Å². The first kappa shape index (κ1) is 25.2. The molecular weight excluding hydrogens is 462 g/mol. The number of anilines is 1. The topological polar surface area (TPSA) is 95.6 Å². The zero-order valence-electron chi connectivity index (χ0n) is 20.8. The van der Waals surface area contributed by atoms with Crippen molar-refractivity contribution in [2.45, 2.75) is 82.7 Å². The summed E-state index contributed by atoms with van der Waals surface area (Å²) in [6, 6.07) is 9.89. The molecule has 0 aromatic heterocycles. The standard InChI is InChI=1S/C27H35N3O4S/c1-18-15-19(2)25(20(3)16-18)35(33,34)29-23-12-7-9-21(17-23)27(32)30-14-8-13-24(30)26(31)28-22-10-5-4-6-11-22/h7,9,12,15-17,22,24,29H,4-6,8,10-11,13-14H2,1-3H3,(H,28,31)/t24-/m0/s1. The first-order valence-electron chi connectivity index (χ1n) is 12.5. The van der Waals surface area contributed by atoms with Crippen molar-refractivity contribution in [3.63, 3.8) is 0 Å². The molecule has 2 fully saturated rings. The van der Waals surface area contributed by atoms with Crippen LogP contribution in [0.15, 0.2) is 41.3 Å². The van der Waals surface area contributed by atoms with Crippen LogP contribution in [-0.2, 0) is 14.8 Å². The highest BCUT2D eigenvalue weighted by Gasteiger charge is 2.35. The molecule has 35 heavy (non-hydrogen) atoms. The second kappa shape index (κ2) is 10.4. The minimum Gasteiger partial charge on any atom is -0.352 e. The Morgan fingerprint density at radius 3 is 2.29 bits per heavy atom. The van der Waals surface area contributed by atoms with Gasteiger partial charge in [-0.1, -0.05) is 43.0 Å². The predicted octanol–water partition coefficient (Wildman–Crippen LogP) is 4.47. The second-order valence-corrected chi connectivity index (χ2v) is 11.5. The number of likely N-dealkylation sites (tertiary alicyclic amines) is 1. The predicted molar refractivity (Wildman–Crippen MR) is 137 cm³/mol. The van der Waals surface area contributed by atoms with Crippen LogP contribution in [0.1, 0.15) is 72.0 Å². The van der Waals surface area contributed by atoms with Crippen LogP contribution in [0.3, 0.4) is 0 Å². The van der Waals surface area contributed by atoms with Crippen LogP contribution in [-0.4, -0.2) is 43.8 Å². The minimum atomic E-state index is -3.83. The van der Waals surface area contributed by atoms with Crippen molar-refractivity contribution in [2.24, 2.45) is 0 Å². The fraction of sp³-hybridized carbons (Fsp3) is 0.481. The largest absolute Gasteiger partial charge is 0.352 e. The van der Waals surface area contributed by atoms with Gasteiger partial charge in [0.15, 0.2) is 0 Å². The quantitative estimate of drug-likeness (QED) is 0.616. The number of hydrogen-bond donors (Lipinski definition) is 2. The Kier molecular flexibility index (Phi) is 7.50. The third kappa shape index (κ3) is 5.69. The van der Waals surface area contributed by atoms with E-state index in [2.05, 4.69) is 10.0 Å². The summed E-state index contributed by atoms with van der Waals surface area (Å²) in [5, 5.41) is 3.15. The fourth-order valence-electron chi connectivity index (χ4n) is 5.51. The first-order valence-corrected chi connectivity index (χ1v) is 14.0. The summed E-state index contributed by atoms with van der Waals surface area (Å²) in [6.07, 6.45) is 6.87. The van der Waals surface area contributed by atoms with Crippen LogP contribution in [0.2, 0.25) is 0 Å². The summed E-state index contributed by atoms with van der Waals surface area (Å²) >= 11 is 0. The molecule has 0 unspecified atom stereocenters. The number of aryl methyl sites for hydroxylation is 3. The molecule has 2 amide bonds. The average Bonchev–Trinajstić information content (AvgIpc) is 3.28. The summed E-state index contributed by atoms with van der Waals surface area (Å²) < 4.78 is 29.0. The van der Waals surface area contributed by atoms with E-state index in [4.69, 9.17) is 0 Å². The number of rotatable bonds is 6. The van der Waals surface area contributed by atoms with Crippen LogP contribution in [0.5, 0.6) is 0 Å². The zero-order valence-corrected chi connectivity index (χ0v) is 21.6. The van der Waals surface area contributed by atoms with Crippen molar-refractivity contribution < 1.29 is 18.0 Å². The molecule has 1 heterocycles. The van der Waals surface area contributed by atoms with Gasteiger partial charge in [-0.05, 0) is 75.8 Å². The molecule has 1 saturated heterocycles. The number of nitrogens with zero attached hydrogens (tertiary/aromatic N) is 1. The second-order valence-electron chi connectivity index (χ2n) is 9.91.